The highest BCUT2D eigenvalue weighted by molar-refractivity contribution is 4.87. The van der Waals surface area contributed by atoms with Crippen LogP contribution in [0.1, 0.15) is 12.8 Å². The van der Waals surface area contributed by atoms with Crippen molar-refractivity contribution in [2.75, 3.05) is 6.61 Å². The molecular weight excluding hydrogens is 104 g/mol. The van der Waals surface area contributed by atoms with Gasteiger partial charge >= 0.3 is 0 Å². The van der Waals surface area contributed by atoms with Crippen molar-refractivity contribution in [3.05, 3.63) is 18.8 Å². The monoisotopic (exact) mass is 113 g/mol. The predicted molar refractivity (Wildman–Crippen MR) is 29.7 cm³/mol. The number of hydrogen-bond donors (Lipinski definition) is 0. The molecule has 2 heteroatoms. The molecule has 1 heterocycles. The highest BCUT2D eigenvalue weighted by atomic mass is 17.2. The summed E-state index contributed by atoms with van der Waals surface area (Å²) in [4.78, 5) is 9.36. The highest BCUT2D eigenvalue weighted by Crippen LogP contribution is 2.19. The summed E-state index contributed by atoms with van der Waals surface area (Å²) < 4.78 is 0. The topological polar surface area (TPSA) is 18.5 Å². The molecule has 0 aromatic rings. The average molecular weight is 113 g/mol. The van der Waals surface area contributed by atoms with Gasteiger partial charge in [0.2, 0.25) is 0 Å². The van der Waals surface area contributed by atoms with Gasteiger partial charge in [0.15, 0.2) is 0 Å². The van der Waals surface area contributed by atoms with E-state index in [1.54, 1.807) is 0 Å². The Bertz CT molecular complexity index is 74.6. The summed E-state index contributed by atoms with van der Waals surface area (Å²) >= 11 is 0. The molecule has 0 N–H and O–H groups in total. The lowest BCUT2D eigenvalue weighted by Crippen LogP contribution is -1.89. The zero-order valence-electron chi connectivity index (χ0n) is 4.72. The van der Waals surface area contributed by atoms with Gasteiger partial charge in [0.25, 0.3) is 0 Å². The van der Waals surface area contributed by atoms with Gasteiger partial charge in [-0.3, -0.25) is 0 Å². The maximum Gasteiger partial charge on any atom is 0.142 e. The first-order chi connectivity index (χ1) is 3.93. The fourth-order valence-electron chi connectivity index (χ4n) is 0.619. The van der Waals surface area contributed by atoms with Gasteiger partial charge in [-0.2, -0.15) is 0 Å². The van der Waals surface area contributed by atoms with E-state index in [9.17, 15) is 0 Å². The van der Waals surface area contributed by atoms with E-state index < -0.39 is 0 Å². The van der Waals surface area contributed by atoms with E-state index >= 15 is 0 Å². The SMILES string of the molecule is C=CC[C]1CCOO1. The predicted octanol–water partition coefficient (Wildman–Crippen LogP) is 1.45. The second-order valence-electron chi connectivity index (χ2n) is 1.69. The van der Waals surface area contributed by atoms with Gasteiger partial charge in [0, 0.05) is 12.8 Å². The van der Waals surface area contributed by atoms with Crippen molar-refractivity contribution in [1.29, 1.82) is 0 Å². The van der Waals surface area contributed by atoms with Crippen LogP contribution in [0.2, 0.25) is 0 Å². The van der Waals surface area contributed by atoms with Crippen molar-refractivity contribution in [3.8, 4) is 0 Å². The van der Waals surface area contributed by atoms with Gasteiger partial charge in [-0.15, -0.1) is 6.58 Å². The molecule has 2 nitrogen and oxygen atoms in total. The van der Waals surface area contributed by atoms with E-state index in [1.165, 1.54) is 0 Å². The molecule has 1 fully saturated rings. The van der Waals surface area contributed by atoms with Crippen LogP contribution in [0.5, 0.6) is 0 Å². The quantitative estimate of drug-likeness (QED) is 0.398. The maximum atomic E-state index is 4.74. The summed E-state index contributed by atoms with van der Waals surface area (Å²) in [6, 6.07) is 0. The normalized spacial score (nSPS) is 21.5. The fraction of sp³-hybridized carbons (Fsp3) is 0.500. The Hall–Kier alpha value is -0.340. The summed E-state index contributed by atoms with van der Waals surface area (Å²) in [6.45, 7) is 4.27. The van der Waals surface area contributed by atoms with Gasteiger partial charge in [0.05, 0.1) is 6.61 Å². The van der Waals surface area contributed by atoms with Gasteiger partial charge < -0.3 is 0 Å². The van der Waals surface area contributed by atoms with Crippen molar-refractivity contribution in [3.63, 3.8) is 0 Å². The lowest BCUT2D eigenvalue weighted by atomic mass is 10.2. The minimum absolute atomic E-state index is 0.698. The van der Waals surface area contributed by atoms with Crippen LogP contribution in [0.15, 0.2) is 12.7 Å². The van der Waals surface area contributed by atoms with Gasteiger partial charge in [-0.05, 0) is 0 Å². The van der Waals surface area contributed by atoms with Crippen LogP contribution in [0.25, 0.3) is 0 Å². The zero-order valence-corrected chi connectivity index (χ0v) is 4.72. The molecule has 0 aliphatic carbocycles. The van der Waals surface area contributed by atoms with E-state index in [4.69, 9.17) is 4.89 Å². The molecule has 1 rings (SSSR count). The molecular formula is C6H9O2. The Morgan fingerprint density at radius 3 is 3.12 bits per heavy atom. The first-order valence-electron chi connectivity index (χ1n) is 2.68. The number of rotatable bonds is 2. The van der Waals surface area contributed by atoms with Crippen molar-refractivity contribution < 1.29 is 9.78 Å². The molecule has 1 aliphatic rings. The van der Waals surface area contributed by atoms with E-state index in [2.05, 4.69) is 11.5 Å². The van der Waals surface area contributed by atoms with Crippen LogP contribution in [0, 0.1) is 6.10 Å². The Morgan fingerprint density at radius 1 is 1.75 bits per heavy atom. The van der Waals surface area contributed by atoms with E-state index in [0.717, 1.165) is 18.9 Å². The van der Waals surface area contributed by atoms with E-state index in [0.29, 0.717) is 6.61 Å². The standard InChI is InChI=1S/C6H9O2/c1-2-3-6-4-5-7-8-6/h2H,1,3-5H2. The van der Waals surface area contributed by atoms with Crippen LogP contribution < -0.4 is 0 Å². The Labute approximate surface area is 49.0 Å². The van der Waals surface area contributed by atoms with Gasteiger partial charge in [-0.25, -0.2) is 9.78 Å². The second-order valence-corrected chi connectivity index (χ2v) is 1.69. The summed E-state index contributed by atoms with van der Waals surface area (Å²) in [7, 11) is 0. The maximum absolute atomic E-state index is 4.74. The highest BCUT2D eigenvalue weighted by Gasteiger charge is 2.15. The zero-order chi connectivity index (χ0) is 5.82. The lowest BCUT2D eigenvalue weighted by Gasteiger charge is -1.97. The van der Waals surface area contributed by atoms with Crippen molar-refractivity contribution in [2.45, 2.75) is 12.8 Å². The molecule has 0 bridgehead atoms. The third-order valence-corrected chi connectivity index (χ3v) is 1.01. The molecule has 1 aliphatic heterocycles. The summed E-state index contributed by atoms with van der Waals surface area (Å²) in [5.41, 5.74) is 0. The summed E-state index contributed by atoms with van der Waals surface area (Å²) in [5, 5.41) is 0. The van der Waals surface area contributed by atoms with E-state index in [1.807, 2.05) is 6.08 Å². The molecule has 0 aromatic carbocycles. The molecule has 45 valence electrons. The van der Waals surface area contributed by atoms with Crippen LogP contribution in [0.4, 0.5) is 0 Å². The minimum Gasteiger partial charge on any atom is -0.236 e. The van der Waals surface area contributed by atoms with Crippen molar-refractivity contribution >= 4 is 0 Å². The molecule has 0 spiro atoms. The summed E-state index contributed by atoms with van der Waals surface area (Å²) in [6.07, 6.45) is 4.54. The Balaban J connectivity index is 2.14. The molecule has 0 aromatic heterocycles. The Morgan fingerprint density at radius 2 is 2.62 bits per heavy atom. The molecule has 1 saturated heterocycles. The van der Waals surface area contributed by atoms with E-state index in [-0.39, 0.29) is 0 Å². The lowest BCUT2D eigenvalue weighted by molar-refractivity contribution is -0.244. The van der Waals surface area contributed by atoms with Gasteiger partial charge in [-0.1, -0.05) is 6.08 Å². The largest absolute Gasteiger partial charge is 0.236 e. The smallest absolute Gasteiger partial charge is 0.142 e. The van der Waals surface area contributed by atoms with Crippen molar-refractivity contribution in [2.24, 2.45) is 0 Å². The van der Waals surface area contributed by atoms with Crippen molar-refractivity contribution in [1.82, 2.24) is 0 Å². The first kappa shape index (κ1) is 5.79. The number of hydrogen-bond acceptors (Lipinski definition) is 2. The molecule has 0 saturated carbocycles. The third kappa shape index (κ3) is 1.32. The van der Waals surface area contributed by atoms with Crippen LogP contribution in [-0.4, -0.2) is 6.61 Å². The van der Waals surface area contributed by atoms with Crippen LogP contribution in [0.3, 0.4) is 0 Å². The third-order valence-electron chi connectivity index (χ3n) is 1.01. The van der Waals surface area contributed by atoms with Crippen LogP contribution in [-0.2, 0) is 9.78 Å². The van der Waals surface area contributed by atoms with Gasteiger partial charge in [0.1, 0.15) is 6.10 Å². The minimum atomic E-state index is 0.698. The molecule has 0 amide bonds. The second kappa shape index (κ2) is 2.84. The molecule has 0 atom stereocenters. The molecule has 8 heavy (non-hydrogen) atoms. The fourth-order valence-corrected chi connectivity index (χ4v) is 0.619. The molecule has 0 unspecified atom stereocenters. The summed E-state index contributed by atoms with van der Waals surface area (Å²) in [5.74, 6) is 0. The Kier molecular flexibility index (Phi) is 2.06. The first-order valence-corrected chi connectivity index (χ1v) is 2.68. The average Bonchev–Trinajstić information content (AvgIpc) is 2.19. The molecule has 1 radical (unpaired) electrons. The van der Waals surface area contributed by atoms with Crippen LogP contribution >= 0.6 is 0 Å².